The summed E-state index contributed by atoms with van der Waals surface area (Å²) in [7, 11) is 0. The molecule has 35 heavy (non-hydrogen) atoms. The summed E-state index contributed by atoms with van der Waals surface area (Å²) in [6.45, 7) is 9.31. The third-order valence-electron chi connectivity index (χ3n) is 5.60. The molecule has 1 amide bonds. The molecule has 0 radical (unpaired) electrons. The molecule has 1 heterocycles. The number of aryl methyl sites for hydroxylation is 3. The van der Waals surface area contributed by atoms with Crippen molar-refractivity contribution < 1.29 is 24.2 Å². The van der Waals surface area contributed by atoms with Gasteiger partial charge in [0.15, 0.2) is 11.5 Å². The van der Waals surface area contributed by atoms with E-state index in [-0.39, 0.29) is 18.9 Å². The highest BCUT2D eigenvalue weighted by Crippen LogP contribution is 2.40. The third kappa shape index (κ3) is 6.86. The van der Waals surface area contributed by atoms with E-state index in [0.29, 0.717) is 44.8 Å². The monoisotopic (exact) mass is 577 g/mol. The number of carboxylic acid groups (broad SMARTS) is 1. The number of amides is 1. The molecule has 1 aliphatic heterocycles. The number of rotatable bonds is 10. The number of aliphatic carboxylic acids is 1. The Kier molecular flexibility index (Phi) is 9.38. The van der Waals surface area contributed by atoms with Crippen LogP contribution < -0.4 is 9.47 Å². The lowest BCUT2D eigenvalue weighted by Gasteiger charge is -2.16. The molecule has 0 spiro atoms. The van der Waals surface area contributed by atoms with Gasteiger partial charge in [0.25, 0.3) is 5.91 Å². The largest absolute Gasteiger partial charge is 0.490 e. The molecular weight excluding hydrogens is 550 g/mol. The zero-order valence-electron chi connectivity index (χ0n) is 20.1. The molecule has 3 rings (SSSR count). The lowest BCUT2D eigenvalue weighted by atomic mass is 10.0. The Morgan fingerprint density at radius 3 is 2.54 bits per heavy atom. The third-order valence-corrected chi connectivity index (χ3v) is 7.57. The Bertz CT molecular complexity index is 1190. The van der Waals surface area contributed by atoms with E-state index in [9.17, 15) is 9.59 Å². The van der Waals surface area contributed by atoms with Gasteiger partial charge in [-0.05, 0) is 96.1 Å². The molecule has 0 saturated carbocycles. The molecule has 9 heteroatoms. The average Bonchev–Trinajstić information content (AvgIpc) is 3.03. The van der Waals surface area contributed by atoms with E-state index in [4.69, 9.17) is 26.8 Å². The Morgan fingerprint density at radius 2 is 1.86 bits per heavy atom. The normalized spacial score (nSPS) is 14.7. The van der Waals surface area contributed by atoms with Crippen LogP contribution in [0.25, 0.3) is 6.08 Å². The molecule has 2 aromatic carbocycles. The van der Waals surface area contributed by atoms with E-state index in [1.54, 1.807) is 6.08 Å². The molecule has 1 N–H and O–H groups in total. The van der Waals surface area contributed by atoms with Crippen molar-refractivity contribution in [3.63, 3.8) is 0 Å². The number of thiocarbonyl (C=S) groups is 1. The van der Waals surface area contributed by atoms with Crippen molar-refractivity contribution in [1.29, 1.82) is 0 Å². The minimum atomic E-state index is -0.894. The van der Waals surface area contributed by atoms with Crippen molar-refractivity contribution in [1.82, 2.24) is 4.90 Å². The Labute approximate surface area is 223 Å². The second kappa shape index (κ2) is 12.1. The highest BCUT2D eigenvalue weighted by Gasteiger charge is 2.31. The van der Waals surface area contributed by atoms with E-state index in [1.807, 2.05) is 19.1 Å². The number of thioether (sulfide) groups is 1. The molecule has 0 unspecified atom stereocenters. The Hall–Kier alpha value is -2.36. The van der Waals surface area contributed by atoms with Gasteiger partial charge in [-0.3, -0.25) is 14.5 Å². The number of benzene rings is 2. The number of carboxylic acids is 1. The van der Waals surface area contributed by atoms with Gasteiger partial charge in [0, 0.05) is 13.0 Å². The van der Waals surface area contributed by atoms with Crippen LogP contribution in [0.2, 0.25) is 0 Å². The minimum Gasteiger partial charge on any atom is -0.490 e. The fourth-order valence-corrected chi connectivity index (χ4v) is 5.52. The van der Waals surface area contributed by atoms with Crippen LogP contribution in [-0.2, 0) is 16.2 Å². The maximum Gasteiger partial charge on any atom is 0.303 e. The first-order valence-electron chi connectivity index (χ1n) is 11.2. The zero-order valence-corrected chi connectivity index (χ0v) is 23.4. The van der Waals surface area contributed by atoms with Crippen LogP contribution in [-0.4, -0.2) is 39.4 Å². The molecule has 1 fully saturated rings. The predicted molar refractivity (Wildman–Crippen MR) is 147 cm³/mol. The second-order valence-corrected chi connectivity index (χ2v) is 10.8. The van der Waals surface area contributed by atoms with E-state index in [2.05, 4.69) is 48.8 Å². The molecule has 0 aromatic heterocycles. The van der Waals surface area contributed by atoms with Crippen molar-refractivity contribution >= 4 is 62.2 Å². The summed E-state index contributed by atoms with van der Waals surface area (Å²) in [6.07, 6.45) is 2.10. The number of hydrogen-bond acceptors (Lipinski definition) is 6. The lowest BCUT2D eigenvalue weighted by Crippen LogP contribution is -2.29. The maximum absolute atomic E-state index is 12.8. The van der Waals surface area contributed by atoms with Crippen molar-refractivity contribution in [2.75, 3.05) is 13.2 Å². The molecule has 0 atom stereocenters. The summed E-state index contributed by atoms with van der Waals surface area (Å²) >= 11 is 10.2. The summed E-state index contributed by atoms with van der Waals surface area (Å²) in [5.74, 6) is 0.0636. The van der Waals surface area contributed by atoms with Crippen LogP contribution in [0, 0.1) is 20.8 Å². The van der Waals surface area contributed by atoms with Gasteiger partial charge >= 0.3 is 5.97 Å². The molecule has 186 valence electrons. The topological polar surface area (TPSA) is 76.1 Å². The molecule has 2 aromatic rings. The maximum atomic E-state index is 12.8. The number of halogens is 1. The van der Waals surface area contributed by atoms with Crippen molar-refractivity contribution in [2.45, 2.75) is 47.1 Å². The van der Waals surface area contributed by atoms with Gasteiger partial charge in [0.2, 0.25) is 0 Å². The summed E-state index contributed by atoms with van der Waals surface area (Å²) in [4.78, 5) is 25.6. The van der Waals surface area contributed by atoms with Gasteiger partial charge in [0.05, 0.1) is 16.0 Å². The predicted octanol–water partition coefficient (Wildman–Crippen LogP) is 6.42. The van der Waals surface area contributed by atoms with Crippen molar-refractivity contribution in [3.8, 4) is 11.5 Å². The number of carbonyl (C=O) groups excluding carboxylic acids is 1. The van der Waals surface area contributed by atoms with Crippen LogP contribution in [0.4, 0.5) is 0 Å². The Balaban J connectivity index is 1.82. The van der Waals surface area contributed by atoms with E-state index in [0.717, 1.165) is 11.1 Å². The fourth-order valence-electron chi connectivity index (χ4n) is 3.63. The van der Waals surface area contributed by atoms with Gasteiger partial charge in [-0.2, -0.15) is 0 Å². The molecule has 0 aliphatic carbocycles. The SMILES string of the molecule is CCOc1cc(/C=C2/SC(=S)N(CCCC(=O)O)C2=O)cc(Br)c1OCc1cc(C)c(C)cc1C. The van der Waals surface area contributed by atoms with Crippen LogP contribution in [0.3, 0.4) is 0 Å². The first kappa shape index (κ1) is 27.2. The second-order valence-electron chi connectivity index (χ2n) is 8.25. The quantitative estimate of drug-likeness (QED) is 0.258. The van der Waals surface area contributed by atoms with Gasteiger partial charge in [0.1, 0.15) is 10.9 Å². The van der Waals surface area contributed by atoms with Crippen LogP contribution in [0.1, 0.15) is 47.6 Å². The molecule has 1 aliphatic rings. The summed E-state index contributed by atoms with van der Waals surface area (Å²) in [5.41, 5.74) is 5.51. The van der Waals surface area contributed by atoms with Gasteiger partial charge < -0.3 is 14.6 Å². The fraction of sp³-hybridized carbons (Fsp3) is 0.346. The number of carbonyl (C=O) groups is 2. The molecule has 1 saturated heterocycles. The van der Waals surface area contributed by atoms with Crippen LogP contribution >= 0.6 is 39.9 Å². The van der Waals surface area contributed by atoms with Crippen LogP contribution in [0.5, 0.6) is 11.5 Å². The van der Waals surface area contributed by atoms with Crippen molar-refractivity contribution in [3.05, 3.63) is 61.5 Å². The van der Waals surface area contributed by atoms with Crippen molar-refractivity contribution in [2.24, 2.45) is 0 Å². The highest BCUT2D eigenvalue weighted by atomic mass is 79.9. The van der Waals surface area contributed by atoms with Gasteiger partial charge in [-0.25, -0.2) is 0 Å². The molecular formula is C26H28BrNO5S2. The number of nitrogens with zero attached hydrogens (tertiary/aromatic N) is 1. The minimum absolute atomic E-state index is 0.0100. The lowest BCUT2D eigenvalue weighted by molar-refractivity contribution is -0.137. The van der Waals surface area contributed by atoms with Gasteiger partial charge in [-0.15, -0.1) is 0 Å². The standard InChI is InChI=1S/C26H28BrNO5S2/c1-5-32-21-12-18(13-22-25(31)28(26(34)35-22)8-6-7-23(29)30)11-20(27)24(21)33-14-19-10-16(3)15(2)9-17(19)4/h9-13H,5-8,14H2,1-4H3,(H,29,30)/b22-13+. The van der Waals surface area contributed by atoms with Crippen LogP contribution in [0.15, 0.2) is 33.6 Å². The van der Waals surface area contributed by atoms with E-state index >= 15 is 0 Å². The van der Waals surface area contributed by atoms with E-state index in [1.165, 1.54) is 33.4 Å². The first-order valence-corrected chi connectivity index (χ1v) is 13.3. The van der Waals surface area contributed by atoms with E-state index < -0.39 is 5.97 Å². The smallest absolute Gasteiger partial charge is 0.303 e. The molecule has 0 bridgehead atoms. The summed E-state index contributed by atoms with van der Waals surface area (Å²) in [5, 5.41) is 8.84. The Morgan fingerprint density at radius 1 is 1.14 bits per heavy atom. The first-order chi connectivity index (χ1) is 16.6. The molecule has 6 nitrogen and oxygen atoms in total. The summed E-state index contributed by atoms with van der Waals surface area (Å²) in [6, 6.07) is 8.02. The average molecular weight is 579 g/mol. The number of ether oxygens (including phenoxy) is 2. The number of hydrogen-bond donors (Lipinski definition) is 1. The zero-order chi connectivity index (χ0) is 25.7. The summed E-state index contributed by atoms with van der Waals surface area (Å²) < 4.78 is 13.2. The highest BCUT2D eigenvalue weighted by molar-refractivity contribution is 9.10. The van der Waals surface area contributed by atoms with Gasteiger partial charge in [-0.1, -0.05) is 36.1 Å².